The van der Waals surface area contributed by atoms with E-state index in [9.17, 15) is 0 Å². The fourth-order valence-corrected chi connectivity index (χ4v) is 4.32. The Balaban J connectivity index is 1.62. The Morgan fingerprint density at radius 2 is 1.83 bits per heavy atom. The monoisotopic (exact) mass is 507 g/mol. The molecular weight excluding hydrogens is 496 g/mol. The number of rotatable bonds is 8. The lowest BCUT2D eigenvalue weighted by Gasteiger charge is -2.17. The van der Waals surface area contributed by atoms with Gasteiger partial charge in [-0.1, -0.05) is 87.4 Å². The van der Waals surface area contributed by atoms with Crippen LogP contribution in [-0.2, 0) is 11.5 Å². The Bertz CT molecular complexity index is 985. The quantitative estimate of drug-likeness (QED) is 0.286. The molecule has 0 bridgehead atoms. The van der Waals surface area contributed by atoms with Gasteiger partial charge in [0.2, 0.25) is 0 Å². The van der Waals surface area contributed by atoms with Crippen molar-refractivity contribution in [2.45, 2.75) is 16.0 Å². The molecule has 0 amide bonds. The molecular formula is C20H14Cl5NO2S. The van der Waals surface area contributed by atoms with Gasteiger partial charge in [0.1, 0.15) is 21.7 Å². The number of thioether (sulfide) groups is 1. The second-order valence-electron chi connectivity index (χ2n) is 5.92. The summed E-state index contributed by atoms with van der Waals surface area (Å²) in [6, 6.07) is 16.8. The van der Waals surface area contributed by atoms with Gasteiger partial charge >= 0.3 is 0 Å². The van der Waals surface area contributed by atoms with E-state index in [0.29, 0.717) is 17.2 Å². The molecule has 0 N–H and O–H groups in total. The smallest absolute Gasteiger partial charge is 0.280 e. The molecule has 0 saturated heterocycles. The van der Waals surface area contributed by atoms with Crippen LogP contribution in [0, 0.1) is 0 Å². The van der Waals surface area contributed by atoms with Crippen LogP contribution in [0.4, 0.5) is 0 Å². The number of hydrogen-bond acceptors (Lipinski definition) is 4. The van der Waals surface area contributed by atoms with Crippen LogP contribution in [0.15, 0.2) is 69.7 Å². The number of alkyl halides is 2. The first-order valence-electron chi connectivity index (χ1n) is 8.30. The summed E-state index contributed by atoms with van der Waals surface area (Å²) < 4.78 is 9.17. The summed E-state index contributed by atoms with van der Waals surface area (Å²) in [6.45, 7) is 0. The van der Waals surface area contributed by atoms with E-state index >= 15 is 0 Å². The molecule has 0 radical (unpaired) electrons. The van der Waals surface area contributed by atoms with Crippen molar-refractivity contribution in [1.29, 1.82) is 0 Å². The Hall–Kier alpha value is -1.01. The summed E-state index contributed by atoms with van der Waals surface area (Å²) >= 11 is 30.9. The number of hydrogen-bond donors (Lipinski definition) is 0. The van der Waals surface area contributed by atoms with Crippen molar-refractivity contribution in [2.75, 3.05) is 0 Å². The summed E-state index contributed by atoms with van der Waals surface area (Å²) in [5.41, 5.74) is 2.67. The maximum atomic E-state index is 6.04. The number of halogens is 5. The number of aromatic nitrogens is 1. The minimum Gasteiger partial charge on any atom is -0.454 e. The Morgan fingerprint density at radius 3 is 2.55 bits per heavy atom. The van der Waals surface area contributed by atoms with Crippen LogP contribution in [0.5, 0.6) is 5.75 Å². The van der Waals surface area contributed by atoms with Gasteiger partial charge in [0.15, 0.2) is 0 Å². The highest BCUT2D eigenvalue weighted by atomic mass is 35.5. The molecule has 3 aromatic rings. The highest BCUT2D eigenvalue weighted by Crippen LogP contribution is 2.33. The molecule has 0 atom stereocenters. The van der Waals surface area contributed by atoms with Gasteiger partial charge in [0, 0.05) is 28.5 Å². The predicted molar refractivity (Wildman–Crippen MR) is 123 cm³/mol. The van der Waals surface area contributed by atoms with Crippen LogP contribution < -0.4 is 4.74 Å². The van der Waals surface area contributed by atoms with E-state index in [2.05, 4.69) is 5.16 Å². The molecule has 29 heavy (non-hydrogen) atoms. The lowest BCUT2D eigenvalue weighted by molar-refractivity contribution is 0.289. The lowest BCUT2D eigenvalue weighted by atomic mass is 10.1. The molecule has 0 saturated carbocycles. The van der Waals surface area contributed by atoms with Crippen molar-refractivity contribution in [2.24, 2.45) is 0 Å². The molecule has 152 valence electrons. The molecule has 2 aromatic carbocycles. The molecule has 1 aromatic heterocycles. The normalized spacial score (nSPS) is 11.3. The Labute approximate surface area is 197 Å². The zero-order valence-electron chi connectivity index (χ0n) is 14.7. The van der Waals surface area contributed by atoms with Crippen LogP contribution in [-0.4, -0.2) is 9.68 Å². The second-order valence-corrected chi connectivity index (χ2v) is 9.67. The van der Waals surface area contributed by atoms with Gasteiger partial charge in [-0.15, -0.1) is 11.8 Å². The van der Waals surface area contributed by atoms with E-state index in [-0.39, 0.29) is 4.49 Å². The number of nitrogens with zero attached hydrogens (tertiary/aromatic N) is 1. The Kier molecular flexibility index (Phi) is 8.08. The first-order valence-corrected chi connectivity index (χ1v) is 11.3. The van der Waals surface area contributed by atoms with Gasteiger partial charge in [0.05, 0.1) is 5.75 Å². The second kappa shape index (κ2) is 10.3. The average molecular weight is 510 g/mol. The fourth-order valence-electron chi connectivity index (χ4n) is 2.40. The van der Waals surface area contributed by atoms with E-state index in [0.717, 1.165) is 22.1 Å². The van der Waals surface area contributed by atoms with Gasteiger partial charge < -0.3 is 9.26 Å². The molecule has 0 aliphatic rings. The van der Waals surface area contributed by atoms with E-state index in [4.69, 9.17) is 67.3 Å². The third-order valence-corrected chi connectivity index (χ3v) is 5.51. The van der Waals surface area contributed by atoms with E-state index < -0.39 is 4.52 Å². The summed E-state index contributed by atoms with van der Waals surface area (Å²) in [5, 5.41) is 4.86. The van der Waals surface area contributed by atoms with Crippen molar-refractivity contribution in [3.8, 4) is 17.0 Å². The molecule has 9 heteroatoms. The van der Waals surface area contributed by atoms with Crippen molar-refractivity contribution >= 4 is 69.8 Å². The zero-order chi connectivity index (χ0) is 20.9. The molecule has 3 rings (SSSR count). The fraction of sp³-hybridized carbons (Fsp3) is 0.150. The van der Waals surface area contributed by atoms with Crippen LogP contribution in [0.25, 0.3) is 11.3 Å². The van der Waals surface area contributed by atoms with Crippen molar-refractivity contribution in [3.63, 3.8) is 0 Å². The first kappa shape index (κ1) is 22.7. The third kappa shape index (κ3) is 7.32. The van der Waals surface area contributed by atoms with E-state index in [1.54, 1.807) is 30.0 Å². The highest BCUT2D eigenvalue weighted by molar-refractivity contribution is 7.97. The lowest BCUT2D eigenvalue weighted by Crippen LogP contribution is -2.18. The van der Waals surface area contributed by atoms with Crippen LogP contribution in [0.1, 0.15) is 11.3 Å². The maximum absolute atomic E-state index is 6.04. The van der Waals surface area contributed by atoms with Gasteiger partial charge in [-0.25, -0.2) is 0 Å². The van der Waals surface area contributed by atoms with Gasteiger partial charge in [-0.2, -0.15) is 0 Å². The van der Waals surface area contributed by atoms with E-state index in [1.807, 2.05) is 36.4 Å². The SMILES string of the molecule is ClC(Cl)=CC(Cl)(Cl)Oc1cccc(-c2cc(CSCc3ccc(Cl)cc3)on2)c1. The van der Waals surface area contributed by atoms with E-state index in [1.165, 1.54) is 11.6 Å². The molecule has 1 heterocycles. The largest absolute Gasteiger partial charge is 0.454 e. The highest BCUT2D eigenvalue weighted by Gasteiger charge is 2.24. The van der Waals surface area contributed by atoms with Crippen molar-refractivity contribution in [3.05, 3.63) is 81.5 Å². The molecule has 0 aliphatic heterocycles. The van der Waals surface area contributed by atoms with Crippen LogP contribution in [0.3, 0.4) is 0 Å². The third-order valence-electron chi connectivity index (χ3n) is 3.65. The van der Waals surface area contributed by atoms with Crippen LogP contribution in [0.2, 0.25) is 5.02 Å². The zero-order valence-corrected chi connectivity index (χ0v) is 19.3. The van der Waals surface area contributed by atoms with Gasteiger partial charge in [-0.05, 0) is 29.8 Å². The van der Waals surface area contributed by atoms with Gasteiger partial charge in [0.25, 0.3) is 4.52 Å². The summed E-state index contributed by atoms with van der Waals surface area (Å²) in [7, 11) is 0. The molecule has 3 nitrogen and oxygen atoms in total. The average Bonchev–Trinajstić information content (AvgIpc) is 3.11. The minimum absolute atomic E-state index is 0.0941. The standard InChI is InChI=1S/C20H14Cl5NO2S/c21-15-6-4-13(5-7-15)11-29-12-17-9-18(26-28-17)14-2-1-3-16(8-14)27-20(24,25)10-19(22)23/h1-10H,11-12H2. The minimum atomic E-state index is -1.69. The topological polar surface area (TPSA) is 35.3 Å². The summed E-state index contributed by atoms with van der Waals surface area (Å²) in [4.78, 5) is 0. The van der Waals surface area contributed by atoms with Crippen LogP contribution >= 0.6 is 69.8 Å². The maximum Gasteiger partial charge on any atom is 0.280 e. The summed E-state index contributed by atoms with van der Waals surface area (Å²) in [5.74, 6) is 2.74. The predicted octanol–water partition coefficient (Wildman–Crippen LogP) is 8.26. The van der Waals surface area contributed by atoms with Crippen molar-refractivity contribution < 1.29 is 9.26 Å². The molecule has 0 aliphatic carbocycles. The molecule has 0 fully saturated rings. The first-order chi connectivity index (χ1) is 13.8. The molecule has 0 unspecified atom stereocenters. The number of benzene rings is 2. The number of ether oxygens (including phenoxy) is 1. The Morgan fingerprint density at radius 1 is 1.07 bits per heavy atom. The molecule has 0 spiro atoms. The van der Waals surface area contributed by atoms with Gasteiger partial charge in [-0.3, -0.25) is 0 Å². The van der Waals surface area contributed by atoms with Crippen molar-refractivity contribution in [1.82, 2.24) is 5.16 Å². The summed E-state index contributed by atoms with van der Waals surface area (Å²) in [6.07, 6.45) is 1.18.